The molecule has 12 nitrogen and oxygen atoms in total. The van der Waals surface area contributed by atoms with Gasteiger partial charge in [-0.25, -0.2) is 4.57 Å². The number of unbranched alkanes of at least 4 members (excludes halogenated alkanes) is 11. The summed E-state index contributed by atoms with van der Waals surface area (Å²) in [5.74, 6) is 1.26. The first-order chi connectivity index (χ1) is 30.1. The number of allylic oxidation sites excluding steroid dienone is 6. The van der Waals surface area contributed by atoms with Crippen LogP contribution in [0.2, 0.25) is 0 Å². The minimum absolute atomic E-state index is 0.0169. The third-order valence-corrected chi connectivity index (χ3v) is 11.8. The first-order valence-electron chi connectivity index (χ1n) is 23.9. The molecule has 1 rings (SSSR count). The van der Waals surface area contributed by atoms with Crippen molar-refractivity contribution in [3.05, 3.63) is 71.3 Å². The van der Waals surface area contributed by atoms with Gasteiger partial charge in [0.2, 0.25) is 0 Å². The van der Waals surface area contributed by atoms with Crippen LogP contribution in [0.15, 0.2) is 53.0 Å². The highest BCUT2D eigenvalue weighted by Gasteiger charge is 2.27. The number of aliphatic hydroxyl groups excluding tert-OH is 2. The highest BCUT2D eigenvalue weighted by atomic mass is 31.2. The molecule has 63 heavy (non-hydrogen) atoms. The highest BCUT2D eigenvalue weighted by Crippen LogP contribution is 2.43. The number of carbonyl (C=O) groups is 2. The van der Waals surface area contributed by atoms with Crippen LogP contribution in [0.3, 0.4) is 0 Å². The van der Waals surface area contributed by atoms with Gasteiger partial charge in [0.05, 0.1) is 40.0 Å². The molecule has 0 aromatic carbocycles. The zero-order valence-corrected chi connectivity index (χ0v) is 41.1. The van der Waals surface area contributed by atoms with E-state index in [1.165, 1.54) is 43.2 Å². The van der Waals surface area contributed by atoms with Gasteiger partial charge < -0.3 is 33.5 Å². The molecule has 0 radical (unpaired) electrons. The molecule has 3 N–H and O–H groups in total. The molecule has 0 spiro atoms. The molecule has 1 aromatic heterocycles. The van der Waals surface area contributed by atoms with Gasteiger partial charge in [-0.05, 0) is 69.9 Å². The number of phosphoric acid groups is 1. The molecule has 1 heterocycles. The van der Waals surface area contributed by atoms with Crippen molar-refractivity contribution in [3.8, 4) is 0 Å². The number of ether oxygens (including phenoxy) is 2. The van der Waals surface area contributed by atoms with Gasteiger partial charge in [-0.1, -0.05) is 133 Å². The van der Waals surface area contributed by atoms with E-state index in [4.69, 9.17) is 22.9 Å². The number of esters is 2. The summed E-state index contributed by atoms with van der Waals surface area (Å²) in [7, 11) is 1.30. The Morgan fingerprint density at radius 1 is 0.667 bits per heavy atom. The van der Waals surface area contributed by atoms with Crippen molar-refractivity contribution < 1.29 is 56.7 Å². The lowest BCUT2D eigenvalue weighted by molar-refractivity contribution is -0.870. The largest absolute Gasteiger partial charge is 0.472 e. The third kappa shape index (κ3) is 32.5. The standard InChI is InChI=1S/C50H86NO11P/c1-8-10-23-30-44(52)31-25-19-15-14-16-20-26-32-45(53)33-29-37-50(55)61-46(41-60-63(56,57)59-39-38-51(5,6)7)40-58-49(54)36-28-22-18-13-12-17-21-27-35-48-43(4)42(3)47(62-48)34-24-11-9-2/h15-16,19-20,25-26,31-32,44-46,52-53H,8-14,17-18,21-24,27-30,33-41H2,1-7H3/p+1/b19-15-,20-16-,31-25+,32-26+/t44-,45-,46-/m1/s1. The number of nitrogens with zero attached hydrogens (tertiary/aromatic N) is 1. The number of aliphatic hydroxyl groups is 2. The molecule has 362 valence electrons. The number of phosphoric ester groups is 1. The second-order valence-corrected chi connectivity index (χ2v) is 19.2. The second kappa shape index (κ2) is 35.4. The van der Waals surface area contributed by atoms with Gasteiger partial charge in [0.1, 0.15) is 31.3 Å². The molecule has 0 saturated carbocycles. The lowest BCUT2D eigenvalue weighted by Gasteiger charge is -2.24. The Bertz CT molecular complexity index is 1530. The normalized spacial score (nSPS) is 14.9. The molecule has 13 heteroatoms. The SMILES string of the molecule is CCCCCc1oc(CCCCCCCCCCC(=O)OC[C@H](COP(=O)(O)OCC[N+](C)(C)C)OC(=O)CCC[C@H](O)/C=C/C=C\C/C=C\C=C\[C@H](O)CCCCC)c(C)c1C. The number of hydrogen-bond acceptors (Lipinski definition) is 10. The van der Waals surface area contributed by atoms with Crippen molar-refractivity contribution >= 4 is 19.8 Å². The van der Waals surface area contributed by atoms with Crippen molar-refractivity contribution in [3.63, 3.8) is 0 Å². The number of rotatable bonds is 39. The fraction of sp³-hybridized carbons (Fsp3) is 0.720. The van der Waals surface area contributed by atoms with E-state index in [2.05, 4.69) is 27.7 Å². The summed E-state index contributed by atoms with van der Waals surface area (Å²) >= 11 is 0. The lowest BCUT2D eigenvalue weighted by Crippen LogP contribution is -2.37. The first-order valence-corrected chi connectivity index (χ1v) is 25.4. The van der Waals surface area contributed by atoms with Crippen LogP contribution < -0.4 is 0 Å². The smallest absolute Gasteiger partial charge is 0.466 e. The number of hydrogen-bond donors (Lipinski definition) is 3. The Kier molecular flexibility index (Phi) is 32.7. The third-order valence-electron chi connectivity index (χ3n) is 10.8. The van der Waals surface area contributed by atoms with Crippen molar-refractivity contribution in [1.82, 2.24) is 0 Å². The minimum atomic E-state index is -4.46. The molecule has 0 aliphatic heterocycles. The molecular formula is C50H87NO11P+. The average molecular weight is 909 g/mol. The van der Waals surface area contributed by atoms with Crippen LogP contribution in [-0.2, 0) is 45.5 Å². The zero-order valence-electron chi connectivity index (χ0n) is 40.2. The Balaban J connectivity index is 2.44. The van der Waals surface area contributed by atoms with E-state index < -0.39 is 44.7 Å². The van der Waals surface area contributed by atoms with E-state index in [0.29, 0.717) is 36.7 Å². The number of carbonyl (C=O) groups excluding carboxylic acids is 2. The number of likely N-dealkylation sites (N-methyl/N-ethyl adjacent to an activating group) is 1. The molecule has 0 saturated heterocycles. The fourth-order valence-corrected chi connectivity index (χ4v) is 7.38. The van der Waals surface area contributed by atoms with Crippen molar-refractivity contribution in [2.45, 2.75) is 187 Å². The summed E-state index contributed by atoms with van der Waals surface area (Å²) in [6, 6.07) is 0. The van der Waals surface area contributed by atoms with Gasteiger partial charge in [0.25, 0.3) is 0 Å². The van der Waals surface area contributed by atoms with Crippen LogP contribution >= 0.6 is 7.82 Å². The van der Waals surface area contributed by atoms with Crippen LogP contribution in [0.1, 0.15) is 165 Å². The molecule has 0 aliphatic rings. The molecule has 0 bridgehead atoms. The second-order valence-electron chi connectivity index (χ2n) is 17.8. The fourth-order valence-electron chi connectivity index (χ4n) is 6.64. The van der Waals surface area contributed by atoms with Crippen LogP contribution in [0.5, 0.6) is 0 Å². The van der Waals surface area contributed by atoms with E-state index in [0.717, 1.165) is 82.1 Å². The van der Waals surface area contributed by atoms with E-state index >= 15 is 0 Å². The maximum absolute atomic E-state index is 12.8. The molecule has 0 fully saturated rings. The summed E-state index contributed by atoms with van der Waals surface area (Å²) in [5.41, 5.74) is 2.63. The monoisotopic (exact) mass is 909 g/mol. The lowest BCUT2D eigenvalue weighted by atomic mass is 10.0. The van der Waals surface area contributed by atoms with Gasteiger partial charge in [0.15, 0.2) is 6.10 Å². The van der Waals surface area contributed by atoms with E-state index in [1.54, 1.807) is 18.2 Å². The molecule has 0 amide bonds. The highest BCUT2D eigenvalue weighted by molar-refractivity contribution is 7.47. The van der Waals surface area contributed by atoms with Crippen LogP contribution in [0, 0.1) is 13.8 Å². The summed E-state index contributed by atoms with van der Waals surface area (Å²) < 4.78 is 40.4. The van der Waals surface area contributed by atoms with Crippen molar-refractivity contribution in [1.29, 1.82) is 0 Å². The summed E-state index contributed by atoms with van der Waals surface area (Å²) in [6.07, 6.45) is 32.0. The molecule has 0 aliphatic carbocycles. The predicted molar refractivity (Wildman–Crippen MR) is 253 cm³/mol. The van der Waals surface area contributed by atoms with Crippen molar-refractivity contribution in [2.24, 2.45) is 0 Å². The predicted octanol–water partition coefficient (Wildman–Crippen LogP) is 11.1. The van der Waals surface area contributed by atoms with Gasteiger partial charge in [0, 0.05) is 25.7 Å². The maximum Gasteiger partial charge on any atom is 0.472 e. The van der Waals surface area contributed by atoms with E-state index in [1.807, 2.05) is 51.5 Å². The summed E-state index contributed by atoms with van der Waals surface area (Å²) in [5, 5.41) is 20.3. The molecule has 4 atom stereocenters. The molecule has 1 aromatic rings. The Labute approximate surface area is 381 Å². The molecule has 1 unspecified atom stereocenters. The number of furan rings is 1. The van der Waals surface area contributed by atoms with Gasteiger partial charge in [-0.3, -0.25) is 18.6 Å². The van der Waals surface area contributed by atoms with Crippen LogP contribution in [0.25, 0.3) is 0 Å². The Morgan fingerprint density at radius 3 is 1.75 bits per heavy atom. The van der Waals surface area contributed by atoms with E-state index in [9.17, 15) is 29.3 Å². The zero-order chi connectivity index (χ0) is 46.8. The van der Waals surface area contributed by atoms with E-state index in [-0.39, 0.29) is 26.1 Å². The summed E-state index contributed by atoms with van der Waals surface area (Å²) in [4.78, 5) is 35.6. The van der Waals surface area contributed by atoms with Gasteiger partial charge in [-0.2, -0.15) is 0 Å². The van der Waals surface area contributed by atoms with Crippen molar-refractivity contribution in [2.75, 3.05) is 47.5 Å². The minimum Gasteiger partial charge on any atom is -0.466 e. The van der Waals surface area contributed by atoms with Gasteiger partial charge in [-0.15, -0.1) is 0 Å². The van der Waals surface area contributed by atoms with Gasteiger partial charge >= 0.3 is 19.8 Å². The quantitative estimate of drug-likeness (QED) is 0.0189. The number of aryl methyl sites for hydroxylation is 2. The maximum atomic E-state index is 12.8. The Hall–Kier alpha value is -2.83. The number of quaternary nitrogens is 1. The van der Waals surface area contributed by atoms with Crippen LogP contribution in [-0.4, -0.2) is 97.3 Å². The topological polar surface area (TPSA) is 162 Å². The van der Waals surface area contributed by atoms with Crippen LogP contribution in [0.4, 0.5) is 0 Å². The first kappa shape index (κ1) is 58.2. The molecular weight excluding hydrogens is 822 g/mol. The average Bonchev–Trinajstić information content (AvgIpc) is 3.49. The summed E-state index contributed by atoms with van der Waals surface area (Å²) in [6.45, 7) is 8.34. The Morgan fingerprint density at radius 2 is 1.17 bits per heavy atom.